The molecule has 10 heteroatoms. The van der Waals surface area contributed by atoms with Crippen LogP contribution in [0.4, 0.5) is 5.69 Å². The standard InChI is InChI=1S/C30H35Cl2N3O4S/c1-5-6-16-33-30(37)23(4)34(19-24-9-7-8-22(3)17-24)29(36)20-35(25-12-15-27(31)28(32)18-25)40(38,39)26-13-10-21(2)11-14-26/h7-15,17-18,23H,5-6,16,19-20H2,1-4H3,(H,33,37)/t23-/m0/s1. The second kappa shape index (κ2) is 14.0. The van der Waals surface area contributed by atoms with E-state index in [1.165, 1.54) is 35.2 Å². The van der Waals surface area contributed by atoms with Crippen molar-refractivity contribution in [1.82, 2.24) is 10.2 Å². The van der Waals surface area contributed by atoms with Gasteiger partial charge in [0.15, 0.2) is 0 Å². The molecule has 0 radical (unpaired) electrons. The van der Waals surface area contributed by atoms with Crippen molar-refractivity contribution in [3.8, 4) is 0 Å². The molecule has 3 aromatic rings. The summed E-state index contributed by atoms with van der Waals surface area (Å²) in [4.78, 5) is 28.4. The maximum absolute atomic E-state index is 14.0. The Bertz CT molecular complexity index is 1450. The molecule has 1 N–H and O–H groups in total. The van der Waals surface area contributed by atoms with Gasteiger partial charge in [-0.05, 0) is 63.1 Å². The molecule has 0 heterocycles. The lowest BCUT2D eigenvalue weighted by atomic mass is 10.1. The predicted octanol–water partition coefficient (Wildman–Crippen LogP) is 6.14. The normalized spacial score (nSPS) is 12.1. The summed E-state index contributed by atoms with van der Waals surface area (Å²) in [5.74, 6) is -0.849. The Labute approximate surface area is 247 Å². The minimum atomic E-state index is -4.19. The summed E-state index contributed by atoms with van der Waals surface area (Å²) in [7, 11) is -4.19. The van der Waals surface area contributed by atoms with Crippen molar-refractivity contribution in [3.63, 3.8) is 0 Å². The van der Waals surface area contributed by atoms with Gasteiger partial charge in [0.2, 0.25) is 11.8 Å². The lowest BCUT2D eigenvalue weighted by Crippen LogP contribution is -2.51. The second-order valence-electron chi connectivity index (χ2n) is 9.75. The molecule has 0 saturated heterocycles. The number of nitrogens with zero attached hydrogens (tertiary/aromatic N) is 2. The third-order valence-corrected chi connectivity index (χ3v) is 9.04. The quantitative estimate of drug-likeness (QED) is 0.252. The molecule has 0 spiro atoms. The van der Waals surface area contributed by atoms with Gasteiger partial charge < -0.3 is 10.2 Å². The fourth-order valence-corrected chi connectivity index (χ4v) is 5.83. The van der Waals surface area contributed by atoms with Crippen LogP contribution in [0.15, 0.2) is 71.6 Å². The number of anilines is 1. The van der Waals surface area contributed by atoms with Gasteiger partial charge in [-0.3, -0.25) is 13.9 Å². The zero-order valence-electron chi connectivity index (χ0n) is 23.2. The Morgan fingerprint density at radius 2 is 1.62 bits per heavy atom. The average molecular weight is 605 g/mol. The van der Waals surface area contributed by atoms with Gasteiger partial charge in [-0.1, -0.05) is 84.1 Å². The molecular formula is C30H35Cl2N3O4S. The molecule has 3 aromatic carbocycles. The molecule has 0 aliphatic heterocycles. The fourth-order valence-electron chi connectivity index (χ4n) is 4.13. The van der Waals surface area contributed by atoms with E-state index in [9.17, 15) is 18.0 Å². The van der Waals surface area contributed by atoms with Crippen molar-refractivity contribution in [2.45, 2.75) is 58.0 Å². The van der Waals surface area contributed by atoms with Crippen LogP contribution in [-0.4, -0.2) is 44.3 Å². The number of hydrogen-bond donors (Lipinski definition) is 1. The molecule has 40 heavy (non-hydrogen) atoms. The molecule has 0 saturated carbocycles. The summed E-state index contributed by atoms with van der Waals surface area (Å²) >= 11 is 12.3. The highest BCUT2D eigenvalue weighted by molar-refractivity contribution is 7.92. The van der Waals surface area contributed by atoms with Crippen molar-refractivity contribution in [2.75, 3.05) is 17.4 Å². The van der Waals surface area contributed by atoms with Crippen LogP contribution >= 0.6 is 23.2 Å². The van der Waals surface area contributed by atoms with Gasteiger partial charge in [0.1, 0.15) is 12.6 Å². The first-order valence-corrected chi connectivity index (χ1v) is 15.3. The third-order valence-electron chi connectivity index (χ3n) is 6.51. The summed E-state index contributed by atoms with van der Waals surface area (Å²) in [6.45, 7) is 7.53. The number of aryl methyl sites for hydroxylation is 2. The Hall–Kier alpha value is -3.07. The molecular weight excluding hydrogens is 569 g/mol. The number of halogens is 2. The summed E-state index contributed by atoms with van der Waals surface area (Å²) in [5, 5.41) is 3.28. The Kier molecular flexibility index (Phi) is 11.0. The van der Waals surface area contributed by atoms with Crippen molar-refractivity contribution >= 4 is 50.7 Å². The van der Waals surface area contributed by atoms with E-state index in [-0.39, 0.29) is 33.1 Å². The molecule has 0 aromatic heterocycles. The molecule has 0 aliphatic rings. The molecule has 7 nitrogen and oxygen atoms in total. The van der Waals surface area contributed by atoms with Gasteiger partial charge in [-0.25, -0.2) is 8.42 Å². The minimum Gasteiger partial charge on any atom is -0.354 e. The number of amides is 2. The number of hydrogen-bond acceptors (Lipinski definition) is 4. The van der Waals surface area contributed by atoms with Crippen molar-refractivity contribution in [3.05, 3.63) is 93.5 Å². The largest absolute Gasteiger partial charge is 0.354 e. The van der Waals surface area contributed by atoms with Crippen molar-refractivity contribution < 1.29 is 18.0 Å². The second-order valence-corrected chi connectivity index (χ2v) is 12.4. The minimum absolute atomic E-state index is 0.0209. The average Bonchev–Trinajstić information content (AvgIpc) is 2.91. The number of carbonyl (C=O) groups is 2. The topological polar surface area (TPSA) is 86.8 Å². The van der Waals surface area contributed by atoms with E-state index in [0.29, 0.717) is 6.54 Å². The van der Waals surface area contributed by atoms with E-state index in [1.807, 2.05) is 45.0 Å². The molecule has 0 fully saturated rings. The van der Waals surface area contributed by atoms with E-state index >= 15 is 0 Å². The number of carbonyl (C=O) groups excluding carboxylic acids is 2. The van der Waals surface area contributed by atoms with Gasteiger partial charge in [0.05, 0.1) is 20.6 Å². The maximum atomic E-state index is 14.0. The van der Waals surface area contributed by atoms with E-state index in [2.05, 4.69) is 5.32 Å². The molecule has 1 atom stereocenters. The van der Waals surface area contributed by atoms with E-state index in [1.54, 1.807) is 19.1 Å². The number of nitrogens with one attached hydrogen (secondary N) is 1. The highest BCUT2D eigenvalue weighted by Gasteiger charge is 2.32. The van der Waals surface area contributed by atoms with Crippen LogP contribution in [0.1, 0.15) is 43.4 Å². The highest BCUT2D eigenvalue weighted by Crippen LogP contribution is 2.31. The summed E-state index contributed by atoms with van der Waals surface area (Å²) in [6, 6.07) is 17.5. The predicted molar refractivity (Wildman–Crippen MR) is 161 cm³/mol. The van der Waals surface area contributed by atoms with Crippen molar-refractivity contribution in [2.24, 2.45) is 0 Å². The molecule has 0 aliphatic carbocycles. The molecule has 0 bridgehead atoms. The molecule has 0 unspecified atom stereocenters. The first-order chi connectivity index (χ1) is 18.9. The zero-order chi connectivity index (χ0) is 29.4. The van der Waals surface area contributed by atoms with Gasteiger partial charge in [-0.15, -0.1) is 0 Å². The van der Waals surface area contributed by atoms with E-state index < -0.39 is 28.5 Å². The SMILES string of the molecule is CCCCNC(=O)[C@H](C)N(Cc1cccc(C)c1)C(=O)CN(c1ccc(Cl)c(Cl)c1)S(=O)(=O)c1ccc(C)cc1. The smallest absolute Gasteiger partial charge is 0.264 e. The lowest BCUT2D eigenvalue weighted by Gasteiger charge is -2.32. The van der Waals surface area contributed by atoms with Gasteiger partial charge in [0, 0.05) is 13.1 Å². The van der Waals surface area contributed by atoms with Crippen LogP contribution in [0.3, 0.4) is 0 Å². The fraction of sp³-hybridized carbons (Fsp3) is 0.333. The number of unbranched alkanes of at least 4 members (excludes halogenated alkanes) is 1. The summed E-state index contributed by atoms with van der Waals surface area (Å²) in [6.07, 6.45) is 1.72. The number of rotatable bonds is 12. The van der Waals surface area contributed by atoms with Crippen LogP contribution in [0.2, 0.25) is 10.0 Å². The number of sulfonamides is 1. The zero-order valence-corrected chi connectivity index (χ0v) is 25.5. The van der Waals surface area contributed by atoms with Crippen LogP contribution in [0.5, 0.6) is 0 Å². The first kappa shape index (κ1) is 31.5. The Balaban J connectivity index is 2.03. The summed E-state index contributed by atoms with van der Waals surface area (Å²) < 4.78 is 28.8. The Morgan fingerprint density at radius 3 is 2.25 bits per heavy atom. The monoisotopic (exact) mass is 603 g/mol. The molecule has 2 amide bonds. The lowest BCUT2D eigenvalue weighted by molar-refractivity contribution is -0.139. The molecule has 3 rings (SSSR count). The van der Waals surface area contributed by atoms with Crippen LogP contribution < -0.4 is 9.62 Å². The first-order valence-electron chi connectivity index (χ1n) is 13.1. The van der Waals surface area contributed by atoms with Gasteiger partial charge in [-0.2, -0.15) is 0 Å². The van der Waals surface area contributed by atoms with Crippen molar-refractivity contribution in [1.29, 1.82) is 0 Å². The van der Waals surface area contributed by atoms with Gasteiger partial charge in [0.25, 0.3) is 10.0 Å². The van der Waals surface area contributed by atoms with Crippen LogP contribution in [0, 0.1) is 13.8 Å². The Morgan fingerprint density at radius 1 is 0.925 bits per heavy atom. The van der Waals surface area contributed by atoms with E-state index in [4.69, 9.17) is 23.2 Å². The highest BCUT2D eigenvalue weighted by atomic mass is 35.5. The van der Waals surface area contributed by atoms with Crippen LogP contribution in [0.25, 0.3) is 0 Å². The van der Waals surface area contributed by atoms with Crippen LogP contribution in [-0.2, 0) is 26.2 Å². The summed E-state index contributed by atoms with van der Waals surface area (Å²) in [5.41, 5.74) is 2.90. The third kappa shape index (κ3) is 7.99. The van der Waals surface area contributed by atoms with Gasteiger partial charge >= 0.3 is 0 Å². The molecule has 214 valence electrons. The number of benzene rings is 3. The maximum Gasteiger partial charge on any atom is 0.264 e. The van der Waals surface area contributed by atoms with E-state index in [0.717, 1.165) is 33.8 Å².